The minimum absolute atomic E-state index is 0.00777. The zero-order chi connectivity index (χ0) is 29.6. The third-order valence-electron chi connectivity index (χ3n) is 8.81. The van der Waals surface area contributed by atoms with Gasteiger partial charge in [0.25, 0.3) is 11.8 Å². The van der Waals surface area contributed by atoms with Crippen LogP contribution in [0, 0.1) is 30.5 Å². The summed E-state index contributed by atoms with van der Waals surface area (Å²) in [7, 11) is 1.06. The van der Waals surface area contributed by atoms with Crippen molar-refractivity contribution in [2.45, 2.75) is 35.4 Å². The van der Waals surface area contributed by atoms with E-state index in [1.807, 2.05) is 0 Å². The summed E-state index contributed by atoms with van der Waals surface area (Å²) in [6.45, 7) is 1.65. The number of fused-ring (bicyclic) bond motifs is 4. The summed E-state index contributed by atoms with van der Waals surface area (Å²) in [5.41, 5.74) is 1.52. The Balaban J connectivity index is 1.56. The average molecular weight is 601 g/mol. The Bertz CT molecular complexity index is 1590. The van der Waals surface area contributed by atoms with Crippen LogP contribution >= 0.6 is 23.2 Å². The largest absolute Gasteiger partial charge is 0.508 e. The fraction of sp³-hybridized carbons (Fsp3) is 0.345. The second-order valence-electron chi connectivity index (χ2n) is 10.8. The molecule has 41 heavy (non-hydrogen) atoms. The number of allylic oxidation sites excluding steroid dienone is 2. The number of aryl methyl sites for hydroxylation is 1. The van der Waals surface area contributed by atoms with Gasteiger partial charge in [-0.3, -0.25) is 19.2 Å². The minimum atomic E-state index is -2.09. The zero-order valence-corrected chi connectivity index (χ0v) is 23.3. The fourth-order valence-corrected chi connectivity index (χ4v) is 7.84. The van der Waals surface area contributed by atoms with Crippen molar-refractivity contribution in [3.63, 3.8) is 0 Å². The van der Waals surface area contributed by atoms with Gasteiger partial charge in [0.05, 0.1) is 24.6 Å². The third-order valence-corrected chi connectivity index (χ3v) is 10.2. The van der Waals surface area contributed by atoms with Gasteiger partial charge in [-0.25, -0.2) is 14.1 Å². The number of phenols is 1. The molecule has 0 aromatic heterocycles. The number of halogens is 3. The van der Waals surface area contributed by atoms with Gasteiger partial charge in [0.15, 0.2) is 9.75 Å². The minimum Gasteiger partial charge on any atom is -0.508 e. The van der Waals surface area contributed by atoms with Crippen LogP contribution in [0.15, 0.2) is 54.1 Å². The third kappa shape index (κ3) is 3.50. The number of carbonyl (C=O) groups excluding carboxylic acids is 5. The van der Waals surface area contributed by atoms with E-state index in [9.17, 15) is 33.5 Å². The summed E-state index contributed by atoms with van der Waals surface area (Å²) in [4.78, 5) is 64.5. The van der Waals surface area contributed by atoms with Crippen LogP contribution in [-0.2, 0) is 23.9 Å². The maximum atomic E-state index is 14.2. The standard InChI is InChI=1S/C29H23Cl2FN2O7/c1-13-11-14(3-10-20(13)35)22-17-8-9-18-21(24(37)34(23(18)36)27(40)41-2)19(17)12-28(30)25(38)33(26(39)29(22,28)31)16-6-4-15(32)5-7-16/h3-8,10-11,18-19,21-22,35H,9,12H2,1-2H3. The lowest BCUT2D eigenvalue weighted by atomic mass is 9.56. The van der Waals surface area contributed by atoms with Gasteiger partial charge in [0, 0.05) is 5.92 Å². The number of amides is 5. The Morgan fingerprint density at radius 3 is 2.34 bits per heavy atom. The number of ether oxygens (including phenoxy) is 1. The van der Waals surface area contributed by atoms with Gasteiger partial charge in [-0.05, 0) is 67.1 Å². The molecule has 212 valence electrons. The SMILES string of the molecule is COC(=O)N1C(=O)C2CC=C3C(CC4(Cl)C(=O)N(c5ccc(F)cc5)C(=O)C4(Cl)C3c3ccc(O)c(C)c3)C2C1=O. The van der Waals surface area contributed by atoms with Crippen molar-refractivity contribution in [2.24, 2.45) is 17.8 Å². The molecule has 0 radical (unpaired) electrons. The van der Waals surface area contributed by atoms with Crippen LogP contribution in [-0.4, -0.2) is 56.6 Å². The number of hydrogen-bond donors (Lipinski definition) is 1. The van der Waals surface area contributed by atoms with Gasteiger partial charge in [-0.15, -0.1) is 23.2 Å². The normalized spacial score (nSPS) is 32.5. The van der Waals surface area contributed by atoms with Crippen molar-refractivity contribution < 1.29 is 38.2 Å². The maximum Gasteiger partial charge on any atom is 0.423 e. The summed E-state index contributed by atoms with van der Waals surface area (Å²) in [5.74, 6) is -7.61. The number of rotatable bonds is 2. The van der Waals surface area contributed by atoms with Gasteiger partial charge in [-0.2, -0.15) is 4.90 Å². The number of alkyl halides is 2. The molecule has 2 aliphatic carbocycles. The molecule has 1 saturated carbocycles. The van der Waals surface area contributed by atoms with Gasteiger partial charge >= 0.3 is 6.09 Å². The Morgan fingerprint density at radius 1 is 1.02 bits per heavy atom. The van der Waals surface area contributed by atoms with Gasteiger partial charge in [0.1, 0.15) is 11.6 Å². The van der Waals surface area contributed by atoms with E-state index >= 15 is 0 Å². The number of phenolic OH excluding ortho intramolecular Hbond substituents is 1. The Labute approximate surface area is 243 Å². The summed E-state index contributed by atoms with van der Waals surface area (Å²) in [5, 5.41) is 10.2. The molecule has 2 aromatic rings. The molecule has 9 nitrogen and oxygen atoms in total. The number of hydrogen-bond acceptors (Lipinski definition) is 7. The molecule has 2 saturated heterocycles. The molecule has 4 aliphatic rings. The number of nitrogens with zero attached hydrogens (tertiary/aromatic N) is 2. The first-order valence-corrected chi connectivity index (χ1v) is 13.6. The van der Waals surface area contributed by atoms with Gasteiger partial charge in [-0.1, -0.05) is 23.8 Å². The van der Waals surface area contributed by atoms with Crippen molar-refractivity contribution in [3.05, 3.63) is 71.1 Å². The van der Waals surface area contributed by atoms with Crippen LogP contribution in [0.25, 0.3) is 0 Å². The molecule has 0 spiro atoms. The highest BCUT2D eigenvalue weighted by molar-refractivity contribution is 6.58. The molecule has 3 fully saturated rings. The Morgan fingerprint density at radius 2 is 1.71 bits per heavy atom. The van der Waals surface area contributed by atoms with E-state index in [4.69, 9.17) is 23.2 Å². The van der Waals surface area contributed by atoms with E-state index < -0.39 is 69.0 Å². The average Bonchev–Trinajstić information content (AvgIpc) is 3.28. The number of aromatic hydroxyl groups is 1. The Kier molecular flexibility index (Phi) is 6.10. The molecule has 1 N–H and O–H groups in total. The first-order valence-electron chi connectivity index (χ1n) is 12.8. The smallest absolute Gasteiger partial charge is 0.423 e. The number of likely N-dealkylation sites (tertiary alicyclic amines) is 1. The first kappa shape index (κ1) is 27.4. The molecular weight excluding hydrogens is 578 g/mol. The lowest BCUT2D eigenvalue weighted by molar-refractivity contribution is -0.138. The van der Waals surface area contributed by atoms with Crippen LogP contribution in [0.1, 0.15) is 29.9 Å². The van der Waals surface area contributed by atoms with Crippen LogP contribution < -0.4 is 4.90 Å². The quantitative estimate of drug-likeness (QED) is 0.312. The summed E-state index contributed by atoms with van der Waals surface area (Å²) in [6, 6.07) is 9.33. The fourth-order valence-electron chi connectivity index (χ4n) is 6.90. The van der Waals surface area contributed by atoms with Crippen LogP contribution in [0.3, 0.4) is 0 Å². The van der Waals surface area contributed by atoms with E-state index in [0.717, 1.165) is 24.1 Å². The van der Waals surface area contributed by atoms with Crippen LogP contribution in [0.5, 0.6) is 5.75 Å². The van der Waals surface area contributed by atoms with Crippen LogP contribution in [0.4, 0.5) is 14.9 Å². The molecular formula is C29H23Cl2FN2O7. The first-order chi connectivity index (χ1) is 19.4. The predicted molar refractivity (Wildman–Crippen MR) is 144 cm³/mol. The van der Waals surface area contributed by atoms with E-state index in [0.29, 0.717) is 21.6 Å². The number of methoxy groups -OCH3 is 1. The number of benzene rings is 2. The van der Waals surface area contributed by atoms with Gasteiger partial charge in [0.2, 0.25) is 11.8 Å². The molecule has 6 atom stereocenters. The van der Waals surface area contributed by atoms with Crippen molar-refractivity contribution in [1.29, 1.82) is 0 Å². The molecule has 6 rings (SSSR count). The lowest BCUT2D eigenvalue weighted by Gasteiger charge is -2.50. The van der Waals surface area contributed by atoms with Crippen molar-refractivity contribution in [2.75, 3.05) is 12.0 Å². The highest BCUT2D eigenvalue weighted by Gasteiger charge is 2.76. The lowest BCUT2D eigenvalue weighted by Crippen LogP contribution is -2.60. The predicted octanol–water partition coefficient (Wildman–Crippen LogP) is 4.17. The van der Waals surface area contributed by atoms with E-state index in [1.54, 1.807) is 25.1 Å². The zero-order valence-electron chi connectivity index (χ0n) is 21.8. The van der Waals surface area contributed by atoms with Crippen molar-refractivity contribution >= 4 is 58.6 Å². The Hall–Kier alpha value is -3.76. The summed E-state index contributed by atoms with van der Waals surface area (Å²) >= 11 is 14.5. The summed E-state index contributed by atoms with van der Waals surface area (Å²) in [6.07, 6.45) is 0.409. The topological polar surface area (TPSA) is 121 Å². The van der Waals surface area contributed by atoms with Crippen molar-refractivity contribution in [3.8, 4) is 5.75 Å². The second kappa shape index (κ2) is 9.12. The molecule has 2 heterocycles. The monoisotopic (exact) mass is 600 g/mol. The van der Waals surface area contributed by atoms with Gasteiger partial charge < -0.3 is 9.84 Å². The molecule has 6 unspecified atom stereocenters. The van der Waals surface area contributed by atoms with E-state index in [-0.39, 0.29) is 24.3 Å². The maximum absolute atomic E-state index is 14.2. The highest BCUT2D eigenvalue weighted by atomic mass is 35.5. The van der Waals surface area contributed by atoms with Crippen LogP contribution in [0.2, 0.25) is 0 Å². The number of carbonyl (C=O) groups is 5. The van der Waals surface area contributed by atoms with E-state index in [2.05, 4.69) is 4.74 Å². The van der Waals surface area contributed by atoms with E-state index in [1.165, 1.54) is 18.2 Å². The van der Waals surface area contributed by atoms with Crippen molar-refractivity contribution in [1.82, 2.24) is 4.90 Å². The summed E-state index contributed by atoms with van der Waals surface area (Å²) < 4.78 is 18.4. The molecule has 2 aliphatic heterocycles. The second-order valence-corrected chi connectivity index (χ2v) is 12.0. The highest BCUT2D eigenvalue weighted by Crippen LogP contribution is 2.65. The molecule has 12 heteroatoms. The number of imide groups is 4. The number of anilines is 1. The molecule has 5 amide bonds. The molecule has 2 aromatic carbocycles. The molecule has 0 bridgehead atoms.